The second kappa shape index (κ2) is 8.10. The van der Waals surface area contributed by atoms with Gasteiger partial charge >= 0.3 is 0 Å². The number of benzene rings is 2. The molecular weight excluding hydrogens is 420 g/mol. The first kappa shape index (κ1) is 22.4. The second-order valence-corrected chi connectivity index (χ2v) is 10.5. The monoisotopic (exact) mass is 452 g/mol. The predicted octanol–water partition coefficient (Wildman–Crippen LogP) is 5.63. The van der Waals surface area contributed by atoms with Crippen LogP contribution in [0.15, 0.2) is 54.9 Å². The van der Waals surface area contributed by atoms with Gasteiger partial charge < -0.3 is 14.8 Å². The number of nitrogens with one attached hydrogen (secondary N) is 1. The number of aryl methyl sites for hydroxylation is 1. The number of aromatic nitrogens is 2. The number of rotatable bonds is 3. The second-order valence-electron chi connectivity index (χ2n) is 10.5. The first-order valence-corrected chi connectivity index (χ1v) is 11.8. The number of carbonyl (C=O) groups is 1. The van der Waals surface area contributed by atoms with Crippen LogP contribution < -0.4 is 0 Å². The maximum absolute atomic E-state index is 12.3. The summed E-state index contributed by atoms with van der Waals surface area (Å²) >= 11 is 0. The van der Waals surface area contributed by atoms with E-state index in [9.17, 15) is 4.79 Å². The van der Waals surface area contributed by atoms with Crippen molar-refractivity contribution in [1.29, 1.82) is 0 Å². The molecule has 0 bridgehead atoms. The van der Waals surface area contributed by atoms with E-state index in [0.717, 1.165) is 40.8 Å². The third-order valence-electron chi connectivity index (χ3n) is 6.91. The van der Waals surface area contributed by atoms with E-state index in [1.54, 1.807) is 19.0 Å². The van der Waals surface area contributed by atoms with Gasteiger partial charge in [-0.25, -0.2) is 4.98 Å². The van der Waals surface area contributed by atoms with Gasteiger partial charge in [0.05, 0.1) is 0 Å². The fourth-order valence-electron chi connectivity index (χ4n) is 5.67. The topological polar surface area (TPSA) is 52.2 Å². The lowest BCUT2D eigenvalue weighted by Gasteiger charge is -2.39. The van der Waals surface area contributed by atoms with Crippen LogP contribution in [0, 0.1) is 6.92 Å². The third kappa shape index (κ3) is 3.80. The van der Waals surface area contributed by atoms with Gasteiger partial charge in [-0.3, -0.25) is 4.79 Å². The standard InChI is InChI=1S/C29H32N4O/c1-18-11-21(12-23-16-33(6)17-29(2,3)26(18)23)22-13-24-25(15-31-27(24)30-14-22)19-7-9-20(10-8-19)28(34)32(4)5/h7-15H,16-17H2,1-6H3,(H,30,31). The lowest BCUT2D eigenvalue weighted by atomic mass is 9.75. The maximum atomic E-state index is 12.3. The van der Waals surface area contributed by atoms with Crippen LogP contribution in [0.5, 0.6) is 0 Å². The Kier molecular flexibility index (Phi) is 5.33. The molecule has 1 N–H and O–H groups in total. The number of pyridine rings is 1. The summed E-state index contributed by atoms with van der Waals surface area (Å²) in [4.78, 5) is 24.3. The summed E-state index contributed by atoms with van der Waals surface area (Å²) in [7, 11) is 5.73. The summed E-state index contributed by atoms with van der Waals surface area (Å²) in [5.74, 6) is 0.00558. The van der Waals surface area contributed by atoms with Crippen LogP contribution in [0.25, 0.3) is 33.3 Å². The molecule has 5 rings (SSSR count). The lowest BCUT2D eigenvalue weighted by molar-refractivity contribution is 0.0827. The van der Waals surface area contributed by atoms with Crippen molar-refractivity contribution in [2.24, 2.45) is 0 Å². The van der Waals surface area contributed by atoms with Gasteiger partial charge in [-0.2, -0.15) is 0 Å². The molecule has 0 radical (unpaired) electrons. The number of nitrogens with zero attached hydrogens (tertiary/aromatic N) is 3. The Morgan fingerprint density at radius 2 is 1.79 bits per heavy atom. The minimum atomic E-state index is 0.00558. The van der Waals surface area contributed by atoms with Crippen molar-refractivity contribution >= 4 is 16.9 Å². The zero-order valence-electron chi connectivity index (χ0n) is 20.9. The van der Waals surface area contributed by atoms with Gasteiger partial charge in [0.25, 0.3) is 5.91 Å². The molecule has 0 unspecified atom stereocenters. The normalized spacial score (nSPS) is 15.4. The van der Waals surface area contributed by atoms with Crippen LogP contribution in [0.3, 0.4) is 0 Å². The van der Waals surface area contributed by atoms with E-state index >= 15 is 0 Å². The van der Waals surface area contributed by atoms with Gasteiger partial charge in [0.2, 0.25) is 0 Å². The molecule has 1 aliphatic rings. The van der Waals surface area contributed by atoms with Crippen molar-refractivity contribution in [2.45, 2.75) is 32.7 Å². The fraction of sp³-hybridized carbons (Fsp3) is 0.310. The van der Waals surface area contributed by atoms with Crippen molar-refractivity contribution in [3.05, 3.63) is 77.1 Å². The highest BCUT2D eigenvalue weighted by atomic mass is 16.2. The van der Waals surface area contributed by atoms with Crippen LogP contribution in [0.2, 0.25) is 0 Å². The van der Waals surface area contributed by atoms with Gasteiger partial charge in [0.15, 0.2) is 0 Å². The van der Waals surface area contributed by atoms with E-state index in [4.69, 9.17) is 4.98 Å². The van der Waals surface area contributed by atoms with Crippen molar-refractivity contribution in [3.8, 4) is 22.3 Å². The summed E-state index contributed by atoms with van der Waals surface area (Å²) in [6.45, 7) is 8.95. The Labute approximate surface area is 201 Å². The minimum Gasteiger partial charge on any atom is -0.346 e. The molecule has 34 heavy (non-hydrogen) atoms. The first-order valence-electron chi connectivity index (χ1n) is 11.8. The Bertz CT molecular complexity index is 1400. The Hall–Kier alpha value is -3.44. The van der Waals surface area contributed by atoms with Crippen LogP contribution in [-0.4, -0.2) is 53.4 Å². The molecule has 2 aromatic heterocycles. The number of hydrogen-bond acceptors (Lipinski definition) is 3. The summed E-state index contributed by atoms with van der Waals surface area (Å²) in [6.07, 6.45) is 3.96. The molecule has 5 heteroatoms. The number of hydrogen-bond donors (Lipinski definition) is 1. The molecule has 0 saturated heterocycles. The van der Waals surface area contributed by atoms with Crippen LogP contribution in [-0.2, 0) is 12.0 Å². The Morgan fingerprint density at radius 3 is 2.50 bits per heavy atom. The quantitative estimate of drug-likeness (QED) is 0.438. The summed E-state index contributed by atoms with van der Waals surface area (Å²) in [5, 5.41) is 1.08. The van der Waals surface area contributed by atoms with E-state index < -0.39 is 0 Å². The highest BCUT2D eigenvalue weighted by molar-refractivity contribution is 5.98. The van der Waals surface area contributed by atoms with E-state index in [-0.39, 0.29) is 11.3 Å². The number of likely N-dealkylation sites (N-methyl/N-ethyl adjacent to an activating group) is 1. The SMILES string of the molecule is Cc1cc(-c2cnc3[nH]cc(-c4ccc(C(=O)N(C)C)cc4)c3c2)cc2c1C(C)(C)CN(C)C2. The van der Waals surface area contributed by atoms with Crippen molar-refractivity contribution in [1.82, 2.24) is 19.8 Å². The van der Waals surface area contributed by atoms with E-state index in [1.165, 1.54) is 22.3 Å². The highest BCUT2D eigenvalue weighted by Crippen LogP contribution is 2.38. The maximum Gasteiger partial charge on any atom is 0.253 e. The molecule has 5 nitrogen and oxygen atoms in total. The van der Waals surface area contributed by atoms with Gasteiger partial charge in [0.1, 0.15) is 5.65 Å². The van der Waals surface area contributed by atoms with E-state index in [0.29, 0.717) is 5.56 Å². The first-order chi connectivity index (χ1) is 16.1. The Balaban J connectivity index is 1.56. The molecule has 0 aliphatic carbocycles. The highest BCUT2D eigenvalue weighted by Gasteiger charge is 2.32. The average Bonchev–Trinajstić information content (AvgIpc) is 3.20. The van der Waals surface area contributed by atoms with Crippen LogP contribution in [0.1, 0.15) is 40.9 Å². The van der Waals surface area contributed by atoms with Gasteiger partial charge in [-0.05, 0) is 66.1 Å². The van der Waals surface area contributed by atoms with Crippen molar-refractivity contribution in [2.75, 3.05) is 27.7 Å². The molecule has 4 aromatic rings. The van der Waals surface area contributed by atoms with Gasteiger partial charge in [-0.1, -0.05) is 32.0 Å². The number of carbonyl (C=O) groups excluding carboxylic acids is 1. The molecule has 1 amide bonds. The summed E-state index contributed by atoms with van der Waals surface area (Å²) in [5.41, 5.74) is 10.4. The van der Waals surface area contributed by atoms with Crippen molar-refractivity contribution in [3.63, 3.8) is 0 Å². The van der Waals surface area contributed by atoms with E-state index in [2.05, 4.69) is 55.9 Å². The summed E-state index contributed by atoms with van der Waals surface area (Å²) in [6, 6.07) is 14.7. The molecule has 0 spiro atoms. The van der Waals surface area contributed by atoms with Crippen LogP contribution in [0.4, 0.5) is 0 Å². The zero-order valence-corrected chi connectivity index (χ0v) is 20.9. The molecule has 1 aliphatic heterocycles. The van der Waals surface area contributed by atoms with E-state index in [1.807, 2.05) is 36.7 Å². The Morgan fingerprint density at radius 1 is 1.06 bits per heavy atom. The fourth-order valence-corrected chi connectivity index (χ4v) is 5.67. The molecule has 0 fully saturated rings. The molecule has 0 saturated carbocycles. The summed E-state index contributed by atoms with van der Waals surface area (Å²) < 4.78 is 0. The molecule has 174 valence electrons. The number of amides is 1. The number of H-pyrrole nitrogens is 1. The third-order valence-corrected chi connectivity index (χ3v) is 6.91. The average molecular weight is 453 g/mol. The minimum absolute atomic E-state index is 0.00558. The molecule has 2 aromatic carbocycles. The largest absolute Gasteiger partial charge is 0.346 e. The number of fused-ring (bicyclic) bond motifs is 2. The predicted molar refractivity (Wildman–Crippen MR) is 139 cm³/mol. The number of aromatic amines is 1. The smallest absolute Gasteiger partial charge is 0.253 e. The molecule has 0 atom stereocenters. The lowest BCUT2D eigenvalue weighted by Crippen LogP contribution is -2.40. The van der Waals surface area contributed by atoms with Gasteiger partial charge in [-0.15, -0.1) is 0 Å². The molecular formula is C29H32N4O. The molecule has 3 heterocycles. The zero-order chi connectivity index (χ0) is 24.2. The van der Waals surface area contributed by atoms with Gasteiger partial charge in [0, 0.05) is 67.1 Å². The van der Waals surface area contributed by atoms with Crippen molar-refractivity contribution < 1.29 is 4.79 Å². The van der Waals surface area contributed by atoms with Crippen LogP contribution >= 0.6 is 0 Å².